The van der Waals surface area contributed by atoms with Crippen LogP contribution in [0.4, 0.5) is 4.79 Å². The zero-order valence-electron chi connectivity index (χ0n) is 14.5. The van der Waals surface area contributed by atoms with Crippen LogP contribution in [-0.4, -0.2) is 47.7 Å². The van der Waals surface area contributed by atoms with Gasteiger partial charge in [-0.1, -0.05) is 6.07 Å². The molecule has 1 atom stereocenters. The topological polar surface area (TPSA) is 42.0 Å². The van der Waals surface area contributed by atoms with Crippen molar-refractivity contribution in [1.29, 1.82) is 0 Å². The number of likely N-dealkylation sites (tertiary alicyclic amines) is 1. The average molecular weight is 318 g/mol. The number of carbonyl (C=O) groups excluding carboxylic acids is 1. The molecule has 5 heteroatoms. The molecule has 2 aliphatic rings. The number of hydrogen-bond donors (Lipinski definition) is 0. The van der Waals surface area contributed by atoms with Crippen molar-refractivity contribution in [2.24, 2.45) is 0 Å². The summed E-state index contributed by atoms with van der Waals surface area (Å²) in [5, 5.41) is 0. The normalized spacial score (nSPS) is 21.4. The first-order valence-electron chi connectivity index (χ1n) is 8.25. The summed E-state index contributed by atoms with van der Waals surface area (Å²) in [5.41, 5.74) is 1.86. The smallest absolute Gasteiger partial charge is 0.410 e. The number of ether oxygens (including phenoxy) is 2. The van der Waals surface area contributed by atoms with E-state index >= 15 is 0 Å². The van der Waals surface area contributed by atoms with Gasteiger partial charge >= 0.3 is 6.09 Å². The molecule has 2 aliphatic heterocycles. The highest BCUT2D eigenvalue weighted by atomic mass is 16.6. The van der Waals surface area contributed by atoms with Crippen LogP contribution in [-0.2, 0) is 17.8 Å². The van der Waals surface area contributed by atoms with Crippen molar-refractivity contribution in [1.82, 2.24) is 9.80 Å². The maximum absolute atomic E-state index is 12.2. The Hall–Kier alpha value is -1.75. The van der Waals surface area contributed by atoms with E-state index < -0.39 is 5.60 Å². The fourth-order valence-corrected chi connectivity index (χ4v) is 3.08. The molecule has 0 unspecified atom stereocenters. The van der Waals surface area contributed by atoms with Crippen LogP contribution in [0.5, 0.6) is 5.75 Å². The third-order valence-electron chi connectivity index (χ3n) is 4.20. The van der Waals surface area contributed by atoms with Gasteiger partial charge in [0.25, 0.3) is 0 Å². The Kier molecular flexibility index (Phi) is 4.23. The van der Waals surface area contributed by atoms with Gasteiger partial charge in [-0.3, -0.25) is 4.90 Å². The fraction of sp³-hybridized carbons (Fsp3) is 0.611. The summed E-state index contributed by atoms with van der Waals surface area (Å²) in [5.74, 6) is 0.898. The minimum absolute atomic E-state index is 0.256. The molecule has 1 fully saturated rings. The maximum Gasteiger partial charge on any atom is 0.410 e. The van der Waals surface area contributed by atoms with Gasteiger partial charge in [0.2, 0.25) is 0 Å². The minimum atomic E-state index is -0.464. The second kappa shape index (κ2) is 6.04. The van der Waals surface area contributed by atoms with Crippen LogP contribution in [0.25, 0.3) is 0 Å². The number of nitrogens with zero attached hydrogens (tertiary/aromatic N) is 2. The number of hydrogen-bond acceptors (Lipinski definition) is 4. The van der Waals surface area contributed by atoms with Crippen molar-refractivity contribution in [3.63, 3.8) is 0 Å². The van der Waals surface area contributed by atoms with Crippen LogP contribution < -0.4 is 4.74 Å². The average Bonchev–Trinajstić information content (AvgIpc) is 3.02. The SMILES string of the molecule is CN1CC[C@@H](Oc2ccc3c(c2)CN(C(=O)OC(C)(C)C)C3)C1. The number of carbonyl (C=O) groups is 1. The van der Waals surface area contributed by atoms with Gasteiger partial charge in [0.05, 0.1) is 0 Å². The lowest BCUT2D eigenvalue weighted by Gasteiger charge is -2.24. The van der Waals surface area contributed by atoms with Crippen molar-refractivity contribution >= 4 is 6.09 Å². The molecule has 3 rings (SSSR count). The van der Waals surface area contributed by atoms with Gasteiger partial charge in [0.1, 0.15) is 17.5 Å². The number of benzene rings is 1. The van der Waals surface area contributed by atoms with E-state index in [9.17, 15) is 4.79 Å². The lowest BCUT2D eigenvalue weighted by Crippen LogP contribution is -2.33. The predicted octanol–water partition coefficient (Wildman–Crippen LogP) is 3.02. The van der Waals surface area contributed by atoms with Crippen molar-refractivity contribution < 1.29 is 14.3 Å². The molecule has 126 valence electrons. The molecule has 5 nitrogen and oxygen atoms in total. The van der Waals surface area contributed by atoms with Crippen LogP contribution in [0.2, 0.25) is 0 Å². The van der Waals surface area contributed by atoms with Gasteiger partial charge in [-0.2, -0.15) is 0 Å². The van der Waals surface area contributed by atoms with E-state index in [4.69, 9.17) is 9.47 Å². The summed E-state index contributed by atoms with van der Waals surface area (Å²) in [6.07, 6.45) is 1.08. The molecular formula is C18H26N2O3. The summed E-state index contributed by atoms with van der Waals surface area (Å²) < 4.78 is 11.5. The van der Waals surface area contributed by atoms with Crippen molar-refractivity contribution in [3.05, 3.63) is 29.3 Å². The molecule has 0 saturated carbocycles. The van der Waals surface area contributed by atoms with E-state index in [0.29, 0.717) is 13.1 Å². The van der Waals surface area contributed by atoms with Gasteiger partial charge in [-0.05, 0) is 57.5 Å². The van der Waals surface area contributed by atoms with Crippen LogP contribution in [0.15, 0.2) is 18.2 Å². The molecule has 1 amide bonds. The van der Waals surface area contributed by atoms with Gasteiger partial charge < -0.3 is 14.4 Å². The number of fused-ring (bicyclic) bond motifs is 1. The Morgan fingerprint density at radius 3 is 2.61 bits per heavy atom. The summed E-state index contributed by atoms with van der Waals surface area (Å²) in [7, 11) is 2.12. The first-order chi connectivity index (χ1) is 10.8. The lowest BCUT2D eigenvalue weighted by molar-refractivity contribution is 0.0241. The minimum Gasteiger partial charge on any atom is -0.489 e. The largest absolute Gasteiger partial charge is 0.489 e. The lowest BCUT2D eigenvalue weighted by atomic mass is 10.1. The molecule has 1 aromatic carbocycles. The quantitative estimate of drug-likeness (QED) is 0.840. The number of likely N-dealkylation sites (N-methyl/N-ethyl adjacent to an activating group) is 1. The molecule has 23 heavy (non-hydrogen) atoms. The van der Waals surface area contributed by atoms with E-state index in [0.717, 1.165) is 30.8 Å². The van der Waals surface area contributed by atoms with Gasteiger partial charge in [-0.25, -0.2) is 4.79 Å². The Labute approximate surface area is 138 Å². The van der Waals surface area contributed by atoms with E-state index in [-0.39, 0.29) is 12.2 Å². The maximum atomic E-state index is 12.2. The molecule has 1 aromatic rings. The van der Waals surface area contributed by atoms with Crippen molar-refractivity contribution in [3.8, 4) is 5.75 Å². The van der Waals surface area contributed by atoms with Crippen LogP contribution in [0.3, 0.4) is 0 Å². The molecular weight excluding hydrogens is 292 g/mol. The molecule has 0 aliphatic carbocycles. The summed E-state index contributed by atoms with van der Waals surface area (Å²) in [6.45, 7) is 8.92. The molecule has 0 aromatic heterocycles. The van der Waals surface area contributed by atoms with E-state index in [1.807, 2.05) is 26.8 Å². The standard InChI is InChI=1S/C18H26N2O3/c1-18(2,3)23-17(21)20-10-13-5-6-15(9-14(13)11-20)22-16-7-8-19(4)12-16/h5-6,9,16H,7-8,10-12H2,1-4H3/t16-/m1/s1. The van der Waals surface area contributed by atoms with Gasteiger partial charge in [-0.15, -0.1) is 0 Å². The van der Waals surface area contributed by atoms with Gasteiger partial charge in [0.15, 0.2) is 0 Å². The van der Waals surface area contributed by atoms with Crippen LogP contribution >= 0.6 is 0 Å². The van der Waals surface area contributed by atoms with Crippen molar-refractivity contribution in [2.75, 3.05) is 20.1 Å². The highest BCUT2D eigenvalue weighted by Crippen LogP contribution is 2.29. The zero-order valence-corrected chi connectivity index (χ0v) is 14.5. The third kappa shape index (κ3) is 3.96. The Balaban J connectivity index is 1.63. The van der Waals surface area contributed by atoms with Crippen LogP contribution in [0, 0.1) is 0 Å². The Bertz CT molecular complexity index is 594. The number of amides is 1. The predicted molar refractivity (Wildman–Crippen MR) is 88.5 cm³/mol. The fourth-order valence-electron chi connectivity index (χ4n) is 3.08. The second-order valence-electron chi connectivity index (χ2n) is 7.56. The van der Waals surface area contributed by atoms with E-state index in [2.05, 4.69) is 24.1 Å². The third-order valence-corrected chi connectivity index (χ3v) is 4.20. The van der Waals surface area contributed by atoms with E-state index in [1.165, 1.54) is 5.56 Å². The van der Waals surface area contributed by atoms with Crippen molar-refractivity contribution in [2.45, 2.75) is 52.0 Å². The summed E-state index contributed by atoms with van der Waals surface area (Å²) in [6, 6.07) is 6.14. The highest BCUT2D eigenvalue weighted by molar-refractivity contribution is 5.69. The Morgan fingerprint density at radius 1 is 1.22 bits per heavy atom. The number of rotatable bonds is 2. The first-order valence-corrected chi connectivity index (χ1v) is 8.25. The highest BCUT2D eigenvalue weighted by Gasteiger charge is 2.28. The molecule has 0 spiro atoms. The monoisotopic (exact) mass is 318 g/mol. The molecule has 0 radical (unpaired) electrons. The first kappa shape index (κ1) is 16.1. The molecule has 0 bridgehead atoms. The van der Waals surface area contributed by atoms with Crippen LogP contribution in [0.1, 0.15) is 38.3 Å². The zero-order chi connectivity index (χ0) is 16.6. The second-order valence-corrected chi connectivity index (χ2v) is 7.56. The Morgan fingerprint density at radius 2 is 1.96 bits per heavy atom. The molecule has 2 heterocycles. The molecule has 1 saturated heterocycles. The van der Waals surface area contributed by atoms with Gasteiger partial charge in [0, 0.05) is 26.2 Å². The van der Waals surface area contributed by atoms with E-state index in [1.54, 1.807) is 4.90 Å². The summed E-state index contributed by atoms with van der Waals surface area (Å²) in [4.78, 5) is 16.2. The summed E-state index contributed by atoms with van der Waals surface area (Å²) >= 11 is 0. The molecule has 0 N–H and O–H groups in total.